The molecule has 0 spiro atoms. The quantitative estimate of drug-likeness (QED) is 0.404. The first kappa shape index (κ1) is 24.9. The maximum atomic E-state index is 12.7. The Kier molecular flexibility index (Phi) is 8.49. The summed E-state index contributed by atoms with van der Waals surface area (Å²) in [7, 11) is 4.69. The third-order valence-electron chi connectivity index (χ3n) is 5.83. The molecule has 9 nitrogen and oxygen atoms in total. The summed E-state index contributed by atoms with van der Waals surface area (Å²) in [4.78, 5) is 15.1. The molecule has 2 heterocycles. The molecule has 186 valence electrons. The molecule has 0 unspecified atom stereocenters. The molecular formula is C25H31N5O4S. The smallest absolute Gasteiger partial charge is 0.230 e. The summed E-state index contributed by atoms with van der Waals surface area (Å²) in [6, 6.07) is 13.7. The monoisotopic (exact) mass is 497 g/mol. The highest BCUT2D eigenvalue weighted by molar-refractivity contribution is 7.99. The fraction of sp³-hybridized carbons (Fsp3) is 0.400. The Morgan fingerprint density at radius 1 is 1.00 bits per heavy atom. The standard InChI is InChI=1S/C25H31N5O4S/c1-32-20-13-18(14-21(33-2)24(20)34-3)15-26-23(31)17-35-25-28-27-22(16-29-11-7-8-12-29)30(25)19-9-5-4-6-10-19/h4-6,9-10,13-14H,7-8,11-12,15-17H2,1-3H3,(H,26,31). The summed E-state index contributed by atoms with van der Waals surface area (Å²) in [5.74, 6) is 2.62. The molecule has 0 bridgehead atoms. The summed E-state index contributed by atoms with van der Waals surface area (Å²) in [5.41, 5.74) is 1.84. The van der Waals surface area contributed by atoms with Gasteiger partial charge in [0.2, 0.25) is 11.7 Å². The lowest BCUT2D eigenvalue weighted by Gasteiger charge is -2.16. The number of hydrogen-bond acceptors (Lipinski definition) is 8. The van der Waals surface area contributed by atoms with Crippen LogP contribution < -0.4 is 19.5 Å². The zero-order valence-electron chi connectivity index (χ0n) is 20.3. The molecule has 0 aliphatic carbocycles. The number of hydrogen-bond donors (Lipinski definition) is 1. The third kappa shape index (κ3) is 6.07. The highest BCUT2D eigenvalue weighted by Crippen LogP contribution is 2.38. The van der Waals surface area contributed by atoms with Gasteiger partial charge in [0.1, 0.15) is 0 Å². The van der Waals surface area contributed by atoms with Crippen LogP contribution in [0.1, 0.15) is 24.2 Å². The molecule has 0 saturated carbocycles. The molecule has 3 aromatic rings. The first-order chi connectivity index (χ1) is 17.1. The first-order valence-corrected chi connectivity index (χ1v) is 12.5. The van der Waals surface area contributed by atoms with Gasteiger partial charge in [0.25, 0.3) is 0 Å². The van der Waals surface area contributed by atoms with Crippen molar-refractivity contribution in [1.29, 1.82) is 0 Å². The van der Waals surface area contributed by atoms with Gasteiger partial charge in [-0.25, -0.2) is 0 Å². The number of thioether (sulfide) groups is 1. The van der Waals surface area contributed by atoms with Crippen LogP contribution >= 0.6 is 11.8 Å². The minimum Gasteiger partial charge on any atom is -0.493 e. The molecule has 2 aromatic carbocycles. The largest absolute Gasteiger partial charge is 0.493 e. The van der Waals surface area contributed by atoms with E-state index >= 15 is 0 Å². The number of nitrogens with one attached hydrogen (secondary N) is 1. The van der Waals surface area contributed by atoms with Crippen LogP contribution in [-0.4, -0.2) is 65.7 Å². The van der Waals surface area contributed by atoms with Gasteiger partial charge in [-0.05, 0) is 55.8 Å². The Hall–Kier alpha value is -3.24. The van der Waals surface area contributed by atoms with Crippen molar-refractivity contribution in [1.82, 2.24) is 25.0 Å². The Labute approximate surface area is 209 Å². The molecule has 1 saturated heterocycles. The number of para-hydroxylation sites is 1. The molecule has 4 rings (SSSR count). The van der Waals surface area contributed by atoms with E-state index < -0.39 is 0 Å². The maximum absolute atomic E-state index is 12.7. The second-order valence-electron chi connectivity index (χ2n) is 8.15. The van der Waals surface area contributed by atoms with Gasteiger partial charge in [-0.3, -0.25) is 14.3 Å². The van der Waals surface area contributed by atoms with Crippen LogP contribution in [0.5, 0.6) is 17.2 Å². The van der Waals surface area contributed by atoms with E-state index in [0.29, 0.717) is 28.9 Å². The van der Waals surface area contributed by atoms with Gasteiger partial charge in [-0.1, -0.05) is 30.0 Å². The summed E-state index contributed by atoms with van der Waals surface area (Å²) < 4.78 is 18.2. The molecule has 0 atom stereocenters. The fourth-order valence-corrected chi connectivity index (χ4v) is 4.89. The lowest BCUT2D eigenvalue weighted by atomic mass is 10.2. The van der Waals surface area contributed by atoms with Crippen molar-refractivity contribution in [2.24, 2.45) is 0 Å². The van der Waals surface area contributed by atoms with Crippen LogP contribution in [0.3, 0.4) is 0 Å². The Morgan fingerprint density at radius 2 is 1.69 bits per heavy atom. The first-order valence-electron chi connectivity index (χ1n) is 11.5. The van der Waals surface area contributed by atoms with Crippen LogP contribution in [0.4, 0.5) is 0 Å². The van der Waals surface area contributed by atoms with Crippen molar-refractivity contribution in [3.05, 3.63) is 53.9 Å². The topological polar surface area (TPSA) is 90.7 Å². The van der Waals surface area contributed by atoms with E-state index in [-0.39, 0.29) is 11.7 Å². The van der Waals surface area contributed by atoms with Crippen LogP contribution in [0.2, 0.25) is 0 Å². The minimum absolute atomic E-state index is 0.104. The molecule has 1 fully saturated rings. The highest BCUT2D eigenvalue weighted by Gasteiger charge is 2.20. The molecule has 0 radical (unpaired) electrons. The maximum Gasteiger partial charge on any atom is 0.230 e. The molecule has 10 heteroatoms. The number of benzene rings is 2. The van der Waals surface area contributed by atoms with E-state index in [0.717, 1.165) is 36.7 Å². The summed E-state index contributed by atoms with van der Waals surface area (Å²) in [6.45, 7) is 3.23. The zero-order chi connectivity index (χ0) is 24.6. The lowest BCUT2D eigenvalue weighted by Crippen LogP contribution is -2.25. The molecule has 1 aliphatic rings. The van der Waals surface area contributed by atoms with E-state index in [9.17, 15) is 4.79 Å². The van der Waals surface area contributed by atoms with Crippen LogP contribution in [0.15, 0.2) is 47.6 Å². The van der Waals surface area contributed by atoms with Gasteiger partial charge in [0, 0.05) is 12.2 Å². The number of methoxy groups -OCH3 is 3. The predicted molar refractivity (Wildman–Crippen MR) is 135 cm³/mol. The number of rotatable bonds is 11. The Bertz CT molecular complexity index is 1110. The van der Waals surface area contributed by atoms with Crippen molar-refractivity contribution >= 4 is 17.7 Å². The average molecular weight is 498 g/mol. The number of carbonyl (C=O) groups excluding carboxylic acids is 1. The van der Waals surface area contributed by atoms with Crippen LogP contribution in [-0.2, 0) is 17.9 Å². The summed E-state index contributed by atoms with van der Waals surface area (Å²) in [6.07, 6.45) is 2.43. The van der Waals surface area contributed by atoms with E-state index in [2.05, 4.69) is 25.0 Å². The van der Waals surface area contributed by atoms with Gasteiger partial charge in [0.15, 0.2) is 22.5 Å². The highest BCUT2D eigenvalue weighted by atomic mass is 32.2. The number of nitrogens with zero attached hydrogens (tertiary/aromatic N) is 4. The van der Waals surface area contributed by atoms with Gasteiger partial charge in [-0.2, -0.15) is 0 Å². The van der Waals surface area contributed by atoms with E-state index in [1.807, 2.05) is 42.5 Å². The SMILES string of the molecule is COc1cc(CNC(=O)CSc2nnc(CN3CCCC3)n2-c2ccccc2)cc(OC)c1OC. The second-order valence-corrected chi connectivity index (χ2v) is 9.09. The van der Waals surface area contributed by atoms with Crippen molar-refractivity contribution in [3.8, 4) is 22.9 Å². The van der Waals surface area contributed by atoms with Crippen molar-refractivity contribution in [2.45, 2.75) is 31.1 Å². The third-order valence-corrected chi connectivity index (χ3v) is 6.75. The van der Waals surface area contributed by atoms with Crippen molar-refractivity contribution in [3.63, 3.8) is 0 Å². The molecule has 1 amide bonds. The predicted octanol–water partition coefficient (Wildman–Crippen LogP) is 3.30. The lowest BCUT2D eigenvalue weighted by molar-refractivity contribution is -0.118. The van der Waals surface area contributed by atoms with Crippen molar-refractivity contribution in [2.75, 3.05) is 40.2 Å². The van der Waals surface area contributed by atoms with Gasteiger partial charge >= 0.3 is 0 Å². The number of likely N-dealkylation sites (tertiary alicyclic amines) is 1. The van der Waals surface area contributed by atoms with E-state index in [1.165, 1.54) is 24.6 Å². The molecule has 1 aliphatic heterocycles. The molecule has 1 aromatic heterocycles. The van der Waals surface area contributed by atoms with Gasteiger partial charge in [0.05, 0.1) is 33.6 Å². The molecule has 35 heavy (non-hydrogen) atoms. The fourth-order valence-electron chi connectivity index (χ4n) is 4.09. The van der Waals surface area contributed by atoms with Gasteiger partial charge < -0.3 is 19.5 Å². The molecule has 1 N–H and O–H groups in total. The number of ether oxygens (including phenoxy) is 3. The summed E-state index contributed by atoms with van der Waals surface area (Å²) in [5, 5.41) is 12.5. The van der Waals surface area contributed by atoms with E-state index in [1.54, 1.807) is 21.3 Å². The van der Waals surface area contributed by atoms with Crippen LogP contribution in [0.25, 0.3) is 5.69 Å². The minimum atomic E-state index is -0.104. The van der Waals surface area contributed by atoms with Crippen LogP contribution in [0, 0.1) is 0 Å². The average Bonchev–Trinajstić information content (AvgIpc) is 3.56. The second kappa shape index (κ2) is 11.9. The number of amides is 1. The Morgan fingerprint density at radius 3 is 2.31 bits per heavy atom. The Balaban J connectivity index is 1.42. The summed E-state index contributed by atoms with van der Waals surface area (Å²) >= 11 is 1.37. The number of aromatic nitrogens is 3. The molecular weight excluding hydrogens is 466 g/mol. The zero-order valence-corrected chi connectivity index (χ0v) is 21.1. The normalized spacial score (nSPS) is 13.6. The number of carbonyl (C=O) groups is 1. The van der Waals surface area contributed by atoms with Gasteiger partial charge in [-0.15, -0.1) is 10.2 Å². The van der Waals surface area contributed by atoms with E-state index in [4.69, 9.17) is 14.2 Å². The van der Waals surface area contributed by atoms with Crippen molar-refractivity contribution < 1.29 is 19.0 Å².